The minimum Gasteiger partial charge on any atom is -0.293 e. The van der Waals surface area contributed by atoms with E-state index in [1.807, 2.05) is 36.0 Å². The fourth-order valence-electron chi connectivity index (χ4n) is 1.03. The van der Waals surface area contributed by atoms with Crippen LogP contribution in [0.4, 0.5) is 0 Å². The Hall–Kier alpha value is 0.320. The van der Waals surface area contributed by atoms with Gasteiger partial charge in [0.15, 0.2) is 5.78 Å². The first-order valence-corrected chi connectivity index (χ1v) is 8.22. The van der Waals surface area contributed by atoms with E-state index in [4.69, 9.17) is 0 Å². The summed E-state index contributed by atoms with van der Waals surface area (Å²) in [7, 11) is 0. The van der Waals surface area contributed by atoms with Gasteiger partial charge in [-0.1, -0.05) is 12.1 Å². The molecular formula is C11H13IOS2. The van der Waals surface area contributed by atoms with Crippen LogP contribution < -0.4 is 0 Å². The Morgan fingerprint density at radius 1 is 1.27 bits per heavy atom. The van der Waals surface area contributed by atoms with Crippen LogP contribution >= 0.6 is 46.1 Å². The number of hydrogen-bond donors (Lipinski definition) is 0. The molecule has 0 saturated carbocycles. The Balaban J connectivity index is 2.37. The predicted octanol–water partition coefficient (Wildman–Crippen LogP) is 3.57. The summed E-state index contributed by atoms with van der Waals surface area (Å²) in [6, 6.07) is 7.75. The highest BCUT2D eigenvalue weighted by Gasteiger charge is 2.04. The van der Waals surface area contributed by atoms with Crippen molar-refractivity contribution < 1.29 is 4.79 Å². The van der Waals surface area contributed by atoms with Gasteiger partial charge in [-0.15, -0.1) is 0 Å². The lowest BCUT2D eigenvalue weighted by Gasteiger charge is -2.01. The second-order valence-electron chi connectivity index (χ2n) is 2.98. The maximum Gasteiger partial charge on any atom is 0.172 e. The van der Waals surface area contributed by atoms with Gasteiger partial charge in [0.1, 0.15) is 0 Å². The first kappa shape index (κ1) is 13.4. The molecule has 0 aliphatic rings. The quantitative estimate of drug-likeness (QED) is 0.443. The zero-order chi connectivity index (χ0) is 11.1. The molecule has 0 radical (unpaired) electrons. The summed E-state index contributed by atoms with van der Waals surface area (Å²) in [5, 5.41) is 0. The molecule has 0 unspecified atom stereocenters. The zero-order valence-electron chi connectivity index (χ0n) is 8.53. The van der Waals surface area contributed by atoms with E-state index in [1.54, 1.807) is 11.8 Å². The summed E-state index contributed by atoms with van der Waals surface area (Å²) in [6.45, 7) is 0. The number of Topliss-reactive ketones (excluding diaryl/α,β-unsaturated/α-hetero) is 1. The van der Waals surface area contributed by atoms with Crippen molar-refractivity contribution in [2.45, 2.75) is 0 Å². The summed E-state index contributed by atoms with van der Waals surface area (Å²) in [5.74, 6) is 3.00. The van der Waals surface area contributed by atoms with Crippen LogP contribution in [0.15, 0.2) is 24.3 Å². The van der Waals surface area contributed by atoms with E-state index in [-0.39, 0.29) is 5.78 Å². The van der Waals surface area contributed by atoms with E-state index in [9.17, 15) is 4.79 Å². The predicted molar refractivity (Wildman–Crippen MR) is 79.2 cm³/mol. The molecule has 1 aromatic rings. The Labute approximate surface area is 113 Å². The monoisotopic (exact) mass is 352 g/mol. The lowest BCUT2D eigenvalue weighted by atomic mass is 10.2. The largest absolute Gasteiger partial charge is 0.293 e. The van der Waals surface area contributed by atoms with Gasteiger partial charge in [0.2, 0.25) is 0 Å². The van der Waals surface area contributed by atoms with Crippen molar-refractivity contribution in [1.82, 2.24) is 0 Å². The van der Waals surface area contributed by atoms with E-state index in [2.05, 4.69) is 28.8 Å². The highest BCUT2D eigenvalue weighted by atomic mass is 127. The molecule has 0 bridgehead atoms. The Morgan fingerprint density at radius 2 is 1.93 bits per heavy atom. The van der Waals surface area contributed by atoms with Crippen LogP contribution in [0.5, 0.6) is 0 Å². The molecule has 82 valence electrons. The lowest BCUT2D eigenvalue weighted by Crippen LogP contribution is -2.03. The average Bonchev–Trinajstić information content (AvgIpc) is 2.25. The standard InChI is InChI=1S/C11H13IOS2/c1-14-6-7-15-8-11(13)9-2-4-10(12)5-3-9/h2-5H,6-8H2,1H3. The molecule has 0 saturated heterocycles. The fourth-order valence-corrected chi connectivity index (χ4v) is 3.02. The second kappa shape index (κ2) is 7.57. The van der Waals surface area contributed by atoms with Crippen molar-refractivity contribution in [1.29, 1.82) is 0 Å². The van der Waals surface area contributed by atoms with Crippen molar-refractivity contribution in [3.05, 3.63) is 33.4 Å². The molecule has 0 heterocycles. The summed E-state index contributed by atoms with van der Waals surface area (Å²) in [4.78, 5) is 11.7. The first-order valence-electron chi connectivity index (χ1n) is 4.59. The van der Waals surface area contributed by atoms with E-state index < -0.39 is 0 Å². The number of thioether (sulfide) groups is 2. The van der Waals surface area contributed by atoms with Crippen LogP contribution in [-0.2, 0) is 0 Å². The zero-order valence-corrected chi connectivity index (χ0v) is 12.3. The van der Waals surface area contributed by atoms with Gasteiger partial charge < -0.3 is 0 Å². The maximum atomic E-state index is 11.7. The van der Waals surface area contributed by atoms with Gasteiger partial charge in [-0.25, -0.2) is 0 Å². The number of carbonyl (C=O) groups is 1. The van der Waals surface area contributed by atoms with Crippen molar-refractivity contribution in [2.24, 2.45) is 0 Å². The highest BCUT2D eigenvalue weighted by Crippen LogP contribution is 2.11. The smallest absolute Gasteiger partial charge is 0.172 e. The van der Waals surface area contributed by atoms with Gasteiger partial charge in [0.05, 0.1) is 5.75 Å². The summed E-state index contributed by atoms with van der Waals surface area (Å²) < 4.78 is 1.17. The van der Waals surface area contributed by atoms with E-state index >= 15 is 0 Å². The number of carbonyl (C=O) groups excluding carboxylic acids is 1. The van der Waals surface area contributed by atoms with Gasteiger partial charge in [0, 0.05) is 20.6 Å². The average molecular weight is 352 g/mol. The molecule has 15 heavy (non-hydrogen) atoms. The summed E-state index contributed by atoms with van der Waals surface area (Å²) >= 11 is 5.77. The second-order valence-corrected chi connectivity index (χ2v) is 6.31. The van der Waals surface area contributed by atoms with Crippen molar-refractivity contribution in [2.75, 3.05) is 23.5 Å². The van der Waals surface area contributed by atoms with E-state index in [1.165, 1.54) is 3.57 Å². The molecule has 0 atom stereocenters. The summed E-state index contributed by atoms with van der Waals surface area (Å²) in [6.07, 6.45) is 2.08. The third-order valence-corrected chi connectivity index (χ3v) is 4.38. The van der Waals surface area contributed by atoms with Gasteiger partial charge in [-0.3, -0.25) is 4.79 Å². The molecule has 0 amide bonds. The van der Waals surface area contributed by atoms with Crippen LogP contribution in [0.1, 0.15) is 10.4 Å². The minimum absolute atomic E-state index is 0.234. The van der Waals surface area contributed by atoms with Crippen molar-refractivity contribution >= 4 is 51.9 Å². The maximum absolute atomic E-state index is 11.7. The van der Waals surface area contributed by atoms with Gasteiger partial charge in [-0.05, 0) is 41.0 Å². The number of hydrogen-bond acceptors (Lipinski definition) is 3. The first-order chi connectivity index (χ1) is 7.24. The number of rotatable bonds is 6. The molecule has 1 nitrogen and oxygen atoms in total. The Kier molecular flexibility index (Phi) is 6.76. The molecule has 1 rings (SSSR count). The third-order valence-electron chi connectivity index (χ3n) is 1.83. The number of ketones is 1. The third kappa shape index (κ3) is 5.26. The molecule has 0 fully saturated rings. The SMILES string of the molecule is CSCCSCC(=O)c1ccc(I)cc1. The molecule has 1 aromatic carbocycles. The normalized spacial score (nSPS) is 10.3. The highest BCUT2D eigenvalue weighted by molar-refractivity contribution is 14.1. The molecular weight excluding hydrogens is 339 g/mol. The van der Waals surface area contributed by atoms with Gasteiger partial charge in [-0.2, -0.15) is 23.5 Å². The molecule has 0 N–H and O–H groups in total. The van der Waals surface area contributed by atoms with Crippen LogP contribution in [0.25, 0.3) is 0 Å². The minimum atomic E-state index is 0.234. The molecule has 4 heteroatoms. The molecule has 0 spiro atoms. The topological polar surface area (TPSA) is 17.1 Å². The van der Waals surface area contributed by atoms with E-state index in [0.29, 0.717) is 5.75 Å². The number of benzene rings is 1. The fraction of sp³-hybridized carbons (Fsp3) is 0.364. The van der Waals surface area contributed by atoms with Gasteiger partial charge in [0.25, 0.3) is 0 Å². The molecule has 0 aromatic heterocycles. The molecule has 0 aliphatic heterocycles. The Morgan fingerprint density at radius 3 is 2.53 bits per heavy atom. The lowest BCUT2D eigenvalue weighted by molar-refractivity contribution is 0.102. The van der Waals surface area contributed by atoms with Crippen LogP contribution in [0, 0.1) is 3.57 Å². The Bertz CT molecular complexity index is 311. The van der Waals surface area contributed by atoms with Crippen LogP contribution in [0.3, 0.4) is 0 Å². The van der Waals surface area contributed by atoms with Gasteiger partial charge >= 0.3 is 0 Å². The number of halogens is 1. The van der Waals surface area contributed by atoms with E-state index in [0.717, 1.165) is 17.1 Å². The van der Waals surface area contributed by atoms with Crippen LogP contribution in [-0.4, -0.2) is 29.3 Å². The van der Waals surface area contributed by atoms with Crippen molar-refractivity contribution in [3.8, 4) is 0 Å². The van der Waals surface area contributed by atoms with Crippen molar-refractivity contribution in [3.63, 3.8) is 0 Å². The molecule has 0 aliphatic carbocycles. The summed E-state index contributed by atoms with van der Waals surface area (Å²) in [5.41, 5.74) is 0.826. The van der Waals surface area contributed by atoms with Crippen LogP contribution in [0.2, 0.25) is 0 Å².